The van der Waals surface area contributed by atoms with Gasteiger partial charge in [0.2, 0.25) is 0 Å². The quantitative estimate of drug-likeness (QED) is 0.787. The average Bonchev–Trinajstić information content (AvgIpc) is 2.86. The van der Waals surface area contributed by atoms with Gasteiger partial charge in [-0.25, -0.2) is 0 Å². The summed E-state index contributed by atoms with van der Waals surface area (Å²) >= 11 is 3.44. The number of nitriles is 1. The molecule has 88 valence electrons. The number of carbonyl (C=O) groups is 1. The first-order valence-electron chi connectivity index (χ1n) is 5.63. The van der Waals surface area contributed by atoms with Gasteiger partial charge in [-0.1, -0.05) is 22.0 Å². The third-order valence-electron chi connectivity index (χ3n) is 3.05. The monoisotopic (exact) mass is 292 g/mol. The van der Waals surface area contributed by atoms with Crippen LogP contribution in [-0.2, 0) is 0 Å². The molecule has 1 saturated heterocycles. The Hall–Kier alpha value is -1.34. The molecule has 1 amide bonds. The van der Waals surface area contributed by atoms with Gasteiger partial charge in [-0.15, -0.1) is 0 Å². The molecule has 1 aromatic carbocycles. The predicted octanol–water partition coefficient (Wildman–Crippen LogP) is 2.56. The van der Waals surface area contributed by atoms with Crippen molar-refractivity contribution in [1.82, 2.24) is 4.90 Å². The SMILES string of the molecule is N#Cc1cccc(C(=O)N2CCCC2CBr)c1. The Morgan fingerprint density at radius 3 is 3.12 bits per heavy atom. The van der Waals surface area contributed by atoms with E-state index < -0.39 is 0 Å². The van der Waals surface area contributed by atoms with Crippen LogP contribution >= 0.6 is 15.9 Å². The van der Waals surface area contributed by atoms with E-state index in [1.807, 2.05) is 4.90 Å². The van der Waals surface area contributed by atoms with E-state index in [0.717, 1.165) is 24.7 Å². The highest BCUT2D eigenvalue weighted by Crippen LogP contribution is 2.21. The van der Waals surface area contributed by atoms with Crippen LogP contribution in [0.1, 0.15) is 28.8 Å². The summed E-state index contributed by atoms with van der Waals surface area (Å²) in [7, 11) is 0. The summed E-state index contributed by atoms with van der Waals surface area (Å²) in [5, 5.41) is 9.64. The topological polar surface area (TPSA) is 44.1 Å². The number of benzene rings is 1. The second-order valence-corrected chi connectivity index (χ2v) is 4.79. The number of hydrogen-bond donors (Lipinski definition) is 0. The zero-order valence-electron chi connectivity index (χ0n) is 9.40. The minimum absolute atomic E-state index is 0.0315. The number of hydrogen-bond acceptors (Lipinski definition) is 2. The largest absolute Gasteiger partial charge is 0.335 e. The maximum Gasteiger partial charge on any atom is 0.254 e. The van der Waals surface area contributed by atoms with Crippen LogP contribution in [0.3, 0.4) is 0 Å². The van der Waals surface area contributed by atoms with E-state index in [9.17, 15) is 4.79 Å². The molecule has 3 nitrogen and oxygen atoms in total. The first-order chi connectivity index (χ1) is 8.26. The van der Waals surface area contributed by atoms with Gasteiger partial charge >= 0.3 is 0 Å². The number of amides is 1. The fraction of sp³-hybridized carbons (Fsp3) is 0.385. The van der Waals surface area contributed by atoms with Crippen LogP contribution < -0.4 is 0 Å². The highest BCUT2D eigenvalue weighted by atomic mass is 79.9. The van der Waals surface area contributed by atoms with Crippen molar-refractivity contribution in [1.29, 1.82) is 5.26 Å². The third kappa shape index (κ3) is 2.50. The summed E-state index contributed by atoms with van der Waals surface area (Å²) in [5.74, 6) is 0.0315. The molecule has 2 rings (SSSR count). The summed E-state index contributed by atoms with van der Waals surface area (Å²) in [6, 6.07) is 9.24. The van der Waals surface area contributed by atoms with Crippen LogP contribution in [0, 0.1) is 11.3 Å². The van der Waals surface area contributed by atoms with Crippen molar-refractivity contribution in [2.24, 2.45) is 0 Å². The van der Waals surface area contributed by atoms with Gasteiger partial charge in [-0.3, -0.25) is 4.79 Å². The Kier molecular flexibility index (Phi) is 3.80. The molecule has 1 unspecified atom stereocenters. The maximum atomic E-state index is 12.3. The van der Waals surface area contributed by atoms with E-state index in [0.29, 0.717) is 11.1 Å². The van der Waals surface area contributed by atoms with Gasteiger partial charge in [-0.05, 0) is 31.0 Å². The molecule has 1 aromatic rings. The van der Waals surface area contributed by atoms with E-state index >= 15 is 0 Å². The van der Waals surface area contributed by atoms with Gasteiger partial charge < -0.3 is 4.90 Å². The Morgan fingerprint density at radius 1 is 1.59 bits per heavy atom. The first kappa shape index (κ1) is 12.1. The van der Waals surface area contributed by atoms with Crippen LogP contribution in [0.15, 0.2) is 24.3 Å². The van der Waals surface area contributed by atoms with Crippen LogP contribution in [0.25, 0.3) is 0 Å². The molecule has 17 heavy (non-hydrogen) atoms. The summed E-state index contributed by atoms with van der Waals surface area (Å²) in [4.78, 5) is 14.2. The molecule has 1 aliphatic rings. The number of rotatable bonds is 2. The van der Waals surface area contributed by atoms with Crippen molar-refractivity contribution in [3.63, 3.8) is 0 Å². The summed E-state index contributed by atoms with van der Waals surface area (Å²) in [6.45, 7) is 0.811. The van der Waals surface area contributed by atoms with Crippen molar-refractivity contribution >= 4 is 21.8 Å². The lowest BCUT2D eigenvalue weighted by Gasteiger charge is -2.23. The van der Waals surface area contributed by atoms with Gasteiger partial charge in [0.05, 0.1) is 11.6 Å². The summed E-state index contributed by atoms with van der Waals surface area (Å²) in [6.07, 6.45) is 2.11. The molecular weight excluding hydrogens is 280 g/mol. The number of carbonyl (C=O) groups excluding carboxylic acids is 1. The number of alkyl halides is 1. The van der Waals surface area contributed by atoms with E-state index in [1.54, 1.807) is 24.3 Å². The number of likely N-dealkylation sites (tertiary alicyclic amines) is 1. The molecular formula is C13H13BrN2O. The van der Waals surface area contributed by atoms with Crippen molar-refractivity contribution in [2.45, 2.75) is 18.9 Å². The highest BCUT2D eigenvalue weighted by molar-refractivity contribution is 9.09. The average molecular weight is 293 g/mol. The zero-order chi connectivity index (χ0) is 12.3. The second-order valence-electron chi connectivity index (χ2n) is 4.14. The molecule has 1 fully saturated rings. The fourth-order valence-electron chi connectivity index (χ4n) is 2.15. The van der Waals surface area contributed by atoms with Crippen molar-refractivity contribution in [3.8, 4) is 6.07 Å². The molecule has 0 spiro atoms. The van der Waals surface area contributed by atoms with Gasteiger partial charge in [0.1, 0.15) is 0 Å². The summed E-state index contributed by atoms with van der Waals surface area (Å²) in [5.41, 5.74) is 1.14. The standard InChI is InChI=1S/C13H13BrN2O/c14-8-12-5-2-6-16(12)13(17)11-4-1-3-10(7-11)9-15/h1,3-4,7,12H,2,5-6,8H2. The molecule has 0 aliphatic carbocycles. The van der Waals surface area contributed by atoms with Crippen molar-refractivity contribution in [2.75, 3.05) is 11.9 Å². The van der Waals surface area contributed by atoms with Gasteiger partial charge in [0.15, 0.2) is 0 Å². The van der Waals surface area contributed by atoms with Gasteiger partial charge in [0, 0.05) is 23.5 Å². The fourth-order valence-corrected chi connectivity index (χ4v) is 2.82. The highest BCUT2D eigenvalue weighted by Gasteiger charge is 2.28. The van der Waals surface area contributed by atoms with E-state index in [2.05, 4.69) is 22.0 Å². The molecule has 4 heteroatoms. The van der Waals surface area contributed by atoms with Crippen LogP contribution in [0.4, 0.5) is 0 Å². The molecule has 1 aliphatic heterocycles. The predicted molar refractivity (Wildman–Crippen MR) is 69.0 cm³/mol. The van der Waals surface area contributed by atoms with Gasteiger partial charge in [-0.2, -0.15) is 5.26 Å². The minimum atomic E-state index is 0.0315. The lowest BCUT2D eigenvalue weighted by molar-refractivity contribution is 0.0750. The van der Waals surface area contributed by atoms with Crippen molar-refractivity contribution < 1.29 is 4.79 Å². The molecule has 0 aromatic heterocycles. The van der Waals surface area contributed by atoms with Crippen LogP contribution in [-0.4, -0.2) is 28.7 Å². The maximum absolute atomic E-state index is 12.3. The van der Waals surface area contributed by atoms with Crippen LogP contribution in [0.5, 0.6) is 0 Å². The van der Waals surface area contributed by atoms with Gasteiger partial charge in [0.25, 0.3) is 5.91 Å². The number of halogens is 1. The molecule has 0 saturated carbocycles. The van der Waals surface area contributed by atoms with Crippen LogP contribution in [0.2, 0.25) is 0 Å². The zero-order valence-corrected chi connectivity index (χ0v) is 11.0. The first-order valence-corrected chi connectivity index (χ1v) is 6.75. The smallest absolute Gasteiger partial charge is 0.254 e. The Morgan fingerprint density at radius 2 is 2.41 bits per heavy atom. The lowest BCUT2D eigenvalue weighted by Crippen LogP contribution is -2.36. The normalized spacial score (nSPS) is 19.1. The molecule has 0 bridgehead atoms. The van der Waals surface area contributed by atoms with E-state index in [4.69, 9.17) is 5.26 Å². The van der Waals surface area contributed by atoms with E-state index in [-0.39, 0.29) is 11.9 Å². The summed E-state index contributed by atoms with van der Waals surface area (Å²) < 4.78 is 0. The Bertz CT molecular complexity index is 467. The molecule has 1 heterocycles. The molecule has 0 N–H and O–H groups in total. The van der Waals surface area contributed by atoms with Crippen molar-refractivity contribution in [3.05, 3.63) is 35.4 Å². The third-order valence-corrected chi connectivity index (χ3v) is 3.80. The van der Waals surface area contributed by atoms with E-state index in [1.165, 1.54) is 0 Å². The minimum Gasteiger partial charge on any atom is -0.335 e. The Labute approximate surface area is 109 Å². The molecule has 1 atom stereocenters. The number of nitrogens with zero attached hydrogens (tertiary/aromatic N) is 2. The second kappa shape index (κ2) is 5.33. The lowest BCUT2D eigenvalue weighted by atomic mass is 10.1. The molecule has 0 radical (unpaired) electrons. The Balaban J connectivity index is 2.22.